The molecule has 1 N–H and O–H groups in total. The molecule has 1 atom stereocenters. The molecule has 3 heterocycles. The van der Waals surface area contributed by atoms with E-state index in [0.29, 0.717) is 24.6 Å². The van der Waals surface area contributed by atoms with E-state index >= 15 is 0 Å². The van der Waals surface area contributed by atoms with Gasteiger partial charge in [-0.15, -0.1) is 0 Å². The third kappa shape index (κ3) is 4.44. The van der Waals surface area contributed by atoms with Crippen LogP contribution in [0.25, 0.3) is 0 Å². The first-order valence-electron chi connectivity index (χ1n) is 11.0. The van der Waals surface area contributed by atoms with Crippen molar-refractivity contribution in [3.8, 4) is 0 Å². The van der Waals surface area contributed by atoms with Gasteiger partial charge in [-0.2, -0.15) is 0 Å². The van der Waals surface area contributed by atoms with E-state index in [-0.39, 0.29) is 30.5 Å². The first-order valence-corrected chi connectivity index (χ1v) is 11.0. The summed E-state index contributed by atoms with van der Waals surface area (Å²) in [6.07, 6.45) is 3.49. The Balaban J connectivity index is 1.49. The summed E-state index contributed by atoms with van der Waals surface area (Å²) in [5, 5.41) is 2.67. The third-order valence-corrected chi connectivity index (χ3v) is 6.32. The van der Waals surface area contributed by atoms with E-state index in [4.69, 9.17) is 0 Å². The summed E-state index contributed by atoms with van der Waals surface area (Å²) < 4.78 is 1.31. The van der Waals surface area contributed by atoms with Crippen molar-refractivity contribution in [2.24, 2.45) is 18.9 Å². The Labute approximate surface area is 186 Å². The summed E-state index contributed by atoms with van der Waals surface area (Å²) >= 11 is 0. The number of aromatic nitrogens is 1. The molecule has 0 radical (unpaired) electrons. The van der Waals surface area contributed by atoms with Crippen LogP contribution in [0.15, 0.2) is 47.4 Å². The van der Waals surface area contributed by atoms with Crippen molar-refractivity contribution in [2.45, 2.75) is 26.2 Å². The highest BCUT2D eigenvalue weighted by Gasteiger charge is 2.35. The molecular weight excluding hydrogens is 408 g/mol. The quantitative estimate of drug-likeness (QED) is 0.796. The van der Waals surface area contributed by atoms with Crippen LogP contribution < -0.4 is 15.8 Å². The van der Waals surface area contributed by atoms with Crippen molar-refractivity contribution in [2.75, 3.05) is 29.9 Å². The lowest BCUT2D eigenvalue weighted by Gasteiger charge is -2.30. The topological polar surface area (TPSA) is 91.7 Å². The Morgan fingerprint density at radius 1 is 1.06 bits per heavy atom. The van der Waals surface area contributed by atoms with Gasteiger partial charge in [-0.3, -0.25) is 19.2 Å². The van der Waals surface area contributed by atoms with E-state index in [0.717, 1.165) is 18.5 Å². The molecule has 2 saturated heterocycles. The second-order valence-electron chi connectivity index (χ2n) is 8.76. The molecule has 2 aliphatic rings. The van der Waals surface area contributed by atoms with Crippen LogP contribution in [0.1, 0.15) is 36.5 Å². The average Bonchev–Trinajstić information content (AvgIpc) is 3.19. The zero-order valence-corrected chi connectivity index (χ0v) is 18.4. The van der Waals surface area contributed by atoms with Crippen LogP contribution in [0.5, 0.6) is 0 Å². The van der Waals surface area contributed by atoms with Gasteiger partial charge in [-0.05, 0) is 37.0 Å². The van der Waals surface area contributed by atoms with Crippen molar-refractivity contribution < 1.29 is 14.4 Å². The fourth-order valence-corrected chi connectivity index (χ4v) is 4.29. The van der Waals surface area contributed by atoms with Crippen LogP contribution in [0, 0.1) is 11.8 Å². The average molecular weight is 437 g/mol. The molecule has 8 heteroatoms. The van der Waals surface area contributed by atoms with Crippen LogP contribution in [0.3, 0.4) is 0 Å². The zero-order valence-electron chi connectivity index (χ0n) is 18.4. The summed E-state index contributed by atoms with van der Waals surface area (Å²) in [5.74, 6) is -0.652. The highest BCUT2D eigenvalue weighted by atomic mass is 16.2. The molecule has 0 bridgehead atoms. The number of carbonyl (C=O) groups excluding carboxylic acids is 3. The Hall–Kier alpha value is -3.42. The van der Waals surface area contributed by atoms with Crippen molar-refractivity contribution in [1.82, 2.24) is 9.47 Å². The Morgan fingerprint density at radius 3 is 2.44 bits per heavy atom. The van der Waals surface area contributed by atoms with Gasteiger partial charge in [-0.25, -0.2) is 0 Å². The smallest absolute Gasteiger partial charge is 0.274 e. The van der Waals surface area contributed by atoms with Gasteiger partial charge in [-0.1, -0.05) is 25.1 Å². The number of likely N-dealkylation sites (tertiary alicyclic amines) is 1. The lowest BCUT2D eigenvalue weighted by atomic mass is 9.99. The van der Waals surface area contributed by atoms with Crippen molar-refractivity contribution >= 4 is 29.1 Å². The number of piperidine rings is 1. The van der Waals surface area contributed by atoms with E-state index in [9.17, 15) is 19.2 Å². The summed E-state index contributed by atoms with van der Waals surface area (Å²) in [4.78, 5) is 54.3. The lowest BCUT2D eigenvalue weighted by molar-refractivity contribution is -0.122. The van der Waals surface area contributed by atoms with Crippen molar-refractivity contribution in [1.29, 1.82) is 0 Å². The molecule has 2 fully saturated rings. The first-order chi connectivity index (χ1) is 15.3. The molecule has 0 aliphatic carbocycles. The molecule has 0 spiro atoms. The number of pyridine rings is 1. The van der Waals surface area contributed by atoms with Gasteiger partial charge in [0.25, 0.3) is 11.5 Å². The monoisotopic (exact) mass is 436 g/mol. The second-order valence-corrected chi connectivity index (χ2v) is 8.76. The minimum Gasteiger partial charge on any atom is -0.339 e. The summed E-state index contributed by atoms with van der Waals surface area (Å²) in [6, 6.07) is 10.6. The predicted molar refractivity (Wildman–Crippen MR) is 122 cm³/mol. The maximum atomic E-state index is 13.0. The molecule has 1 aromatic heterocycles. The molecule has 4 rings (SSSR count). The molecule has 2 aromatic rings. The van der Waals surface area contributed by atoms with Crippen LogP contribution in [-0.4, -0.2) is 46.8 Å². The summed E-state index contributed by atoms with van der Waals surface area (Å²) in [7, 11) is 1.56. The summed E-state index contributed by atoms with van der Waals surface area (Å²) in [5.41, 5.74) is 0.767. The number of hydrogen-bond donors (Lipinski definition) is 1. The molecule has 8 nitrogen and oxygen atoms in total. The largest absolute Gasteiger partial charge is 0.339 e. The van der Waals surface area contributed by atoms with Gasteiger partial charge in [0, 0.05) is 45.0 Å². The van der Waals surface area contributed by atoms with E-state index < -0.39 is 17.4 Å². The number of para-hydroxylation sites is 1. The summed E-state index contributed by atoms with van der Waals surface area (Å²) in [6.45, 7) is 3.79. The highest BCUT2D eigenvalue weighted by Crippen LogP contribution is 2.26. The maximum Gasteiger partial charge on any atom is 0.274 e. The number of nitrogens with one attached hydrogen (secondary N) is 1. The molecule has 1 unspecified atom stereocenters. The fraction of sp³-hybridized carbons (Fsp3) is 0.417. The Bertz CT molecular complexity index is 1090. The van der Waals surface area contributed by atoms with E-state index in [1.54, 1.807) is 16.8 Å². The maximum absolute atomic E-state index is 13.0. The first kappa shape index (κ1) is 21.8. The number of rotatable bonds is 4. The number of aryl methyl sites for hydroxylation is 1. The minimum atomic E-state index is -0.574. The zero-order chi connectivity index (χ0) is 22.8. The lowest BCUT2D eigenvalue weighted by Crippen LogP contribution is -2.38. The molecule has 0 saturated carbocycles. The van der Waals surface area contributed by atoms with Gasteiger partial charge in [0.1, 0.15) is 5.69 Å². The van der Waals surface area contributed by atoms with Gasteiger partial charge in [0.15, 0.2) is 0 Å². The van der Waals surface area contributed by atoms with Crippen molar-refractivity contribution in [3.05, 3.63) is 58.5 Å². The molecule has 32 heavy (non-hydrogen) atoms. The van der Waals surface area contributed by atoms with Crippen LogP contribution >= 0.6 is 0 Å². The van der Waals surface area contributed by atoms with E-state index in [1.165, 1.54) is 16.8 Å². The number of nitrogens with zero attached hydrogens (tertiary/aromatic N) is 3. The van der Waals surface area contributed by atoms with Crippen LogP contribution in [0.4, 0.5) is 11.4 Å². The fourth-order valence-electron chi connectivity index (χ4n) is 4.29. The standard InChI is InChI=1S/C24H28N4O4/c1-16-8-10-27(11-9-16)23(31)18-12-20(24(32)26(2)14-18)25-22(30)17-13-21(29)28(15-17)19-6-4-3-5-7-19/h3-7,12,14,16-17H,8-11,13,15H2,1-2H3,(H,25,30). The number of carbonyl (C=O) groups is 3. The molecule has 1 aromatic carbocycles. The van der Waals surface area contributed by atoms with Crippen molar-refractivity contribution in [3.63, 3.8) is 0 Å². The van der Waals surface area contributed by atoms with Crippen LogP contribution in [0.2, 0.25) is 0 Å². The number of anilines is 2. The van der Waals surface area contributed by atoms with E-state index in [2.05, 4.69) is 12.2 Å². The SMILES string of the molecule is CC1CCN(C(=O)c2cc(NC(=O)C3CC(=O)N(c4ccccc4)C3)c(=O)n(C)c2)CC1. The normalized spacial score (nSPS) is 19.3. The number of hydrogen-bond acceptors (Lipinski definition) is 4. The minimum absolute atomic E-state index is 0.0549. The third-order valence-electron chi connectivity index (χ3n) is 6.32. The number of amides is 3. The highest BCUT2D eigenvalue weighted by molar-refractivity contribution is 6.04. The molecule has 3 amide bonds. The molecule has 2 aliphatic heterocycles. The van der Waals surface area contributed by atoms with Gasteiger partial charge in [0.2, 0.25) is 11.8 Å². The molecular formula is C24H28N4O4. The Morgan fingerprint density at radius 2 is 1.75 bits per heavy atom. The number of benzene rings is 1. The predicted octanol–water partition coefficient (Wildman–Crippen LogP) is 2.25. The second kappa shape index (κ2) is 8.98. The van der Waals surface area contributed by atoms with Gasteiger partial charge >= 0.3 is 0 Å². The van der Waals surface area contributed by atoms with Gasteiger partial charge < -0.3 is 19.7 Å². The van der Waals surface area contributed by atoms with Crippen LogP contribution in [-0.2, 0) is 16.6 Å². The molecule has 168 valence electrons. The van der Waals surface area contributed by atoms with E-state index in [1.807, 2.05) is 30.3 Å². The Kier molecular flexibility index (Phi) is 6.12. The van der Waals surface area contributed by atoms with Gasteiger partial charge in [0.05, 0.1) is 11.5 Å².